The van der Waals surface area contributed by atoms with Crippen molar-refractivity contribution in [2.45, 2.75) is 58.6 Å². The summed E-state index contributed by atoms with van der Waals surface area (Å²) in [7, 11) is 3.51. The van der Waals surface area contributed by atoms with E-state index in [0.29, 0.717) is 30.2 Å². The van der Waals surface area contributed by atoms with Gasteiger partial charge in [0.2, 0.25) is 5.91 Å². The molecule has 1 aromatic carbocycles. The summed E-state index contributed by atoms with van der Waals surface area (Å²) < 4.78 is 12.0. The molecule has 1 saturated carbocycles. The highest BCUT2D eigenvalue weighted by molar-refractivity contribution is 5.99. The van der Waals surface area contributed by atoms with Crippen molar-refractivity contribution in [2.24, 2.45) is 11.8 Å². The largest absolute Gasteiger partial charge is 0.491 e. The third-order valence-corrected chi connectivity index (χ3v) is 6.83. The first-order valence-electron chi connectivity index (χ1n) is 11.9. The van der Waals surface area contributed by atoms with Crippen LogP contribution in [0, 0.1) is 11.8 Å². The Morgan fingerprint density at radius 2 is 2.00 bits per heavy atom. The summed E-state index contributed by atoms with van der Waals surface area (Å²) in [5.41, 5.74) is 1.10. The van der Waals surface area contributed by atoms with Crippen molar-refractivity contribution < 1.29 is 19.1 Å². The normalized spacial score (nSPS) is 25.7. The molecule has 1 heterocycles. The SMILES string of the molecule is CCCN1C[C@@H](C)[C@@H](OC)CN(C)C(=O)c2cc(NC(=O)C3CCC3)ccc2OC[C@@H]1C. The van der Waals surface area contributed by atoms with Crippen LogP contribution in [0.15, 0.2) is 18.2 Å². The topological polar surface area (TPSA) is 71.1 Å². The first kappa shape index (κ1) is 24.5. The Labute approximate surface area is 192 Å². The van der Waals surface area contributed by atoms with Crippen molar-refractivity contribution in [2.75, 3.05) is 45.7 Å². The minimum atomic E-state index is -0.132. The summed E-state index contributed by atoms with van der Waals surface area (Å²) in [5.74, 6) is 0.793. The lowest BCUT2D eigenvalue weighted by molar-refractivity contribution is -0.122. The zero-order valence-electron chi connectivity index (χ0n) is 20.2. The Kier molecular flexibility index (Phi) is 8.54. The number of ether oxygens (including phenoxy) is 2. The van der Waals surface area contributed by atoms with Gasteiger partial charge in [0.25, 0.3) is 5.91 Å². The summed E-state index contributed by atoms with van der Waals surface area (Å²) in [6, 6.07) is 5.57. The Bertz CT molecular complexity index is 795. The lowest BCUT2D eigenvalue weighted by atomic mass is 9.85. The van der Waals surface area contributed by atoms with Crippen LogP contribution in [-0.4, -0.2) is 74.2 Å². The molecule has 32 heavy (non-hydrogen) atoms. The summed E-state index contributed by atoms with van der Waals surface area (Å²) in [6.07, 6.45) is 3.97. The van der Waals surface area contributed by atoms with Crippen molar-refractivity contribution in [3.8, 4) is 5.75 Å². The fourth-order valence-corrected chi connectivity index (χ4v) is 4.44. The van der Waals surface area contributed by atoms with Gasteiger partial charge in [0.15, 0.2) is 0 Å². The molecule has 1 aliphatic heterocycles. The number of hydrogen-bond donors (Lipinski definition) is 1. The van der Waals surface area contributed by atoms with Crippen molar-refractivity contribution in [3.05, 3.63) is 23.8 Å². The second-order valence-electron chi connectivity index (χ2n) is 9.42. The smallest absolute Gasteiger partial charge is 0.257 e. The van der Waals surface area contributed by atoms with Crippen LogP contribution in [0.5, 0.6) is 5.75 Å². The van der Waals surface area contributed by atoms with Crippen molar-refractivity contribution in [1.82, 2.24) is 9.80 Å². The van der Waals surface area contributed by atoms with Crippen LogP contribution in [-0.2, 0) is 9.53 Å². The van der Waals surface area contributed by atoms with Gasteiger partial charge < -0.3 is 19.7 Å². The number of methoxy groups -OCH3 is 1. The molecule has 1 fully saturated rings. The third kappa shape index (κ3) is 5.81. The summed E-state index contributed by atoms with van der Waals surface area (Å²) >= 11 is 0. The van der Waals surface area contributed by atoms with Gasteiger partial charge in [-0.25, -0.2) is 0 Å². The van der Waals surface area contributed by atoms with E-state index < -0.39 is 0 Å². The number of nitrogens with zero attached hydrogens (tertiary/aromatic N) is 2. The van der Waals surface area contributed by atoms with E-state index in [0.717, 1.165) is 38.8 Å². The first-order valence-corrected chi connectivity index (χ1v) is 11.9. The number of carbonyl (C=O) groups is 2. The number of nitrogens with one attached hydrogen (secondary N) is 1. The summed E-state index contributed by atoms with van der Waals surface area (Å²) in [6.45, 7) is 9.37. The molecular formula is C25H39N3O4. The molecule has 2 aliphatic rings. The Morgan fingerprint density at radius 3 is 2.62 bits per heavy atom. The van der Waals surface area contributed by atoms with E-state index in [-0.39, 0.29) is 35.8 Å². The highest BCUT2D eigenvalue weighted by atomic mass is 16.5. The van der Waals surface area contributed by atoms with Gasteiger partial charge in [0.1, 0.15) is 12.4 Å². The van der Waals surface area contributed by atoms with Gasteiger partial charge in [-0.1, -0.05) is 20.3 Å². The number of carbonyl (C=O) groups excluding carboxylic acids is 2. The van der Waals surface area contributed by atoms with Crippen molar-refractivity contribution in [1.29, 1.82) is 0 Å². The monoisotopic (exact) mass is 445 g/mol. The number of anilines is 1. The van der Waals surface area contributed by atoms with Crippen LogP contribution in [0.1, 0.15) is 56.8 Å². The molecule has 1 N–H and O–H groups in total. The van der Waals surface area contributed by atoms with Crippen LogP contribution >= 0.6 is 0 Å². The zero-order chi connectivity index (χ0) is 23.3. The van der Waals surface area contributed by atoms with Crippen LogP contribution in [0.2, 0.25) is 0 Å². The molecule has 3 rings (SSSR count). The van der Waals surface area contributed by atoms with Gasteiger partial charge in [0, 0.05) is 44.9 Å². The van der Waals surface area contributed by atoms with Gasteiger partial charge in [-0.05, 0) is 56.8 Å². The molecule has 1 aliphatic carbocycles. The van der Waals surface area contributed by atoms with Gasteiger partial charge in [0.05, 0.1) is 11.7 Å². The number of likely N-dealkylation sites (N-methyl/N-ethyl adjacent to an activating group) is 1. The van der Waals surface area contributed by atoms with E-state index in [9.17, 15) is 9.59 Å². The third-order valence-electron chi connectivity index (χ3n) is 6.83. The minimum absolute atomic E-state index is 0.0307. The lowest BCUT2D eigenvalue weighted by Gasteiger charge is -2.36. The Morgan fingerprint density at radius 1 is 1.25 bits per heavy atom. The predicted molar refractivity (Wildman–Crippen MR) is 126 cm³/mol. The Hall–Kier alpha value is -2.12. The van der Waals surface area contributed by atoms with E-state index >= 15 is 0 Å². The number of fused-ring (bicyclic) bond motifs is 1. The number of rotatable bonds is 5. The lowest BCUT2D eigenvalue weighted by Crippen LogP contribution is -2.46. The summed E-state index contributed by atoms with van der Waals surface area (Å²) in [4.78, 5) is 29.9. The second-order valence-corrected chi connectivity index (χ2v) is 9.42. The molecule has 7 nitrogen and oxygen atoms in total. The van der Waals surface area contributed by atoms with Crippen LogP contribution < -0.4 is 10.1 Å². The minimum Gasteiger partial charge on any atom is -0.491 e. The van der Waals surface area contributed by atoms with Gasteiger partial charge in [-0.15, -0.1) is 0 Å². The molecule has 0 saturated heterocycles. The average Bonchev–Trinajstić information content (AvgIpc) is 2.73. The molecule has 0 unspecified atom stereocenters. The van der Waals surface area contributed by atoms with E-state index in [1.807, 2.05) is 6.07 Å². The fourth-order valence-electron chi connectivity index (χ4n) is 4.44. The second kappa shape index (κ2) is 11.1. The maximum absolute atomic E-state index is 13.4. The molecule has 0 radical (unpaired) electrons. The molecule has 178 valence electrons. The van der Waals surface area contributed by atoms with Crippen LogP contribution in [0.4, 0.5) is 5.69 Å². The maximum atomic E-state index is 13.4. The maximum Gasteiger partial charge on any atom is 0.257 e. The molecule has 2 amide bonds. The predicted octanol–water partition coefficient (Wildman–Crippen LogP) is 3.64. The van der Waals surface area contributed by atoms with Gasteiger partial charge in [-0.3, -0.25) is 14.5 Å². The molecule has 0 aromatic heterocycles. The summed E-state index contributed by atoms with van der Waals surface area (Å²) in [5, 5.41) is 2.98. The average molecular weight is 446 g/mol. The van der Waals surface area contributed by atoms with E-state index in [2.05, 4.69) is 31.0 Å². The number of benzene rings is 1. The van der Waals surface area contributed by atoms with E-state index in [1.54, 1.807) is 31.2 Å². The van der Waals surface area contributed by atoms with Gasteiger partial charge >= 0.3 is 0 Å². The van der Waals surface area contributed by atoms with Crippen molar-refractivity contribution in [3.63, 3.8) is 0 Å². The first-order chi connectivity index (χ1) is 15.3. The van der Waals surface area contributed by atoms with Crippen LogP contribution in [0.25, 0.3) is 0 Å². The fraction of sp³-hybridized carbons (Fsp3) is 0.680. The molecular weight excluding hydrogens is 406 g/mol. The molecule has 1 aromatic rings. The molecule has 3 atom stereocenters. The van der Waals surface area contributed by atoms with Crippen molar-refractivity contribution >= 4 is 17.5 Å². The van der Waals surface area contributed by atoms with Crippen LogP contribution in [0.3, 0.4) is 0 Å². The standard InChI is InChI=1S/C25H39N3O4/c1-6-12-28-14-17(2)23(31-5)15-27(4)25(30)21-13-20(26-24(29)19-8-7-9-19)10-11-22(21)32-16-18(28)3/h10-11,13,17-19,23H,6-9,12,14-16H2,1-5H3,(H,26,29)/t17-,18+,23+/m1/s1. The quantitative estimate of drug-likeness (QED) is 0.749. The highest BCUT2D eigenvalue weighted by Crippen LogP contribution is 2.30. The van der Waals surface area contributed by atoms with E-state index in [1.165, 1.54) is 0 Å². The molecule has 0 spiro atoms. The van der Waals surface area contributed by atoms with Gasteiger partial charge in [-0.2, -0.15) is 0 Å². The highest BCUT2D eigenvalue weighted by Gasteiger charge is 2.29. The Balaban J connectivity index is 1.89. The molecule has 0 bridgehead atoms. The number of hydrogen-bond acceptors (Lipinski definition) is 5. The molecule has 7 heteroatoms. The number of amides is 2. The zero-order valence-corrected chi connectivity index (χ0v) is 20.2. The van der Waals surface area contributed by atoms with E-state index in [4.69, 9.17) is 9.47 Å².